The lowest BCUT2D eigenvalue weighted by atomic mass is 10.0. The van der Waals surface area contributed by atoms with Gasteiger partial charge in [0.15, 0.2) is 5.65 Å². The lowest BCUT2D eigenvalue weighted by Crippen LogP contribution is -2.45. The summed E-state index contributed by atoms with van der Waals surface area (Å²) in [4.78, 5) is 24.1. The molecule has 1 aliphatic rings. The molecule has 3 aromatic rings. The second kappa shape index (κ2) is 8.74. The van der Waals surface area contributed by atoms with Crippen LogP contribution in [0.4, 0.5) is 0 Å². The zero-order valence-corrected chi connectivity index (χ0v) is 17.2. The van der Waals surface area contributed by atoms with Crippen molar-refractivity contribution in [3.05, 3.63) is 60.0 Å². The Kier molecular flexibility index (Phi) is 5.90. The molecule has 0 bridgehead atoms. The van der Waals surface area contributed by atoms with Crippen LogP contribution in [0.15, 0.2) is 48.9 Å². The molecule has 0 saturated carbocycles. The van der Waals surface area contributed by atoms with Crippen LogP contribution in [0.5, 0.6) is 0 Å². The van der Waals surface area contributed by atoms with Crippen LogP contribution >= 0.6 is 0 Å². The van der Waals surface area contributed by atoms with Gasteiger partial charge >= 0.3 is 0 Å². The van der Waals surface area contributed by atoms with Crippen LogP contribution in [-0.2, 0) is 6.42 Å². The van der Waals surface area contributed by atoms with E-state index in [0.29, 0.717) is 11.6 Å². The first-order chi connectivity index (χ1) is 14.1. The van der Waals surface area contributed by atoms with Gasteiger partial charge in [0, 0.05) is 37.9 Å². The highest BCUT2D eigenvalue weighted by Crippen LogP contribution is 2.17. The van der Waals surface area contributed by atoms with Gasteiger partial charge < -0.3 is 14.8 Å². The van der Waals surface area contributed by atoms with E-state index < -0.39 is 0 Å². The fourth-order valence-corrected chi connectivity index (χ4v) is 3.92. The van der Waals surface area contributed by atoms with Crippen LogP contribution in [0, 0.1) is 0 Å². The highest BCUT2D eigenvalue weighted by molar-refractivity contribution is 5.96. The monoisotopic (exact) mass is 391 g/mol. The van der Waals surface area contributed by atoms with Crippen LogP contribution in [0.25, 0.3) is 11.2 Å². The van der Waals surface area contributed by atoms with Crippen molar-refractivity contribution in [2.24, 2.45) is 0 Å². The fourth-order valence-electron chi connectivity index (χ4n) is 3.92. The normalized spacial score (nSPS) is 15.8. The minimum absolute atomic E-state index is 0.0544. The first-order valence-electron chi connectivity index (χ1n) is 10.5. The number of carbonyl (C=O) groups excluding carboxylic acids is 1. The first-order valence-corrected chi connectivity index (χ1v) is 10.5. The number of piperidine rings is 1. The Morgan fingerprint density at radius 3 is 2.66 bits per heavy atom. The third kappa shape index (κ3) is 4.65. The average molecular weight is 392 g/mol. The largest absolute Gasteiger partial charge is 0.349 e. The number of aromatic nitrogens is 3. The Labute approximate surface area is 172 Å². The van der Waals surface area contributed by atoms with Crippen molar-refractivity contribution in [2.45, 2.75) is 45.2 Å². The number of rotatable bonds is 6. The quantitative estimate of drug-likeness (QED) is 0.699. The van der Waals surface area contributed by atoms with Crippen LogP contribution < -0.4 is 5.32 Å². The SMILES string of the molecule is CC(C)n1cnc2cc(C(=O)NC3CCN(CCc4ccccc4)CC3)cnc21. The molecular weight excluding hydrogens is 362 g/mol. The van der Waals surface area contributed by atoms with E-state index in [1.807, 2.05) is 10.6 Å². The molecule has 0 aliphatic carbocycles. The van der Waals surface area contributed by atoms with Crippen LogP contribution in [0.3, 0.4) is 0 Å². The molecule has 152 valence electrons. The van der Waals surface area contributed by atoms with Crippen molar-refractivity contribution in [3.63, 3.8) is 0 Å². The summed E-state index contributed by atoms with van der Waals surface area (Å²) in [7, 11) is 0. The number of pyridine rings is 1. The minimum Gasteiger partial charge on any atom is -0.349 e. The number of amides is 1. The van der Waals surface area contributed by atoms with E-state index in [-0.39, 0.29) is 11.9 Å². The summed E-state index contributed by atoms with van der Waals surface area (Å²) in [5.74, 6) is -0.0544. The van der Waals surface area contributed by atoms with Crippen LogP contribution in [-0.4, -0.2) is 51.0 Å². The summed E-state index contributed by atoms with van der Waals surface area (Å²) in [6.07, 6.45) is 6.49. The number of nitrogens with one attached hydrogen (secondary N) is 1. The molecule has 1 N–H and O–H groups in total. The molecule has 2 aromatic heterocycles. The number of nitrogens with zero attached hydrogens (tertiary/aromatic N) is 4. The number of likely N-dealkylation sites (tertiary alicyclic amines) is 1. The molecule has 3 heterocycles. The molecule has 0 atom stereocenters. The molecule has 4 rings (SSSR count). The smallest absolute Gasteiger partial charge is 0.253 e. The molecule has 1 aliphatic heterocycles. The Bertz CT molecular complexity index is 958. The van der Waals surface area contributed by atoms with Crippen molar-refractivity contribution in [3.8, 4) is 0 Å². The molecule has 0 spiro atoms. The van der Waals surface area contributed by atoms with E-state index in [1.54, 1.807) is 12.5 Å². The summed E-state index contributed by atoms with van der Waals surface area (Å²) in [5, 5.41) is 3.18. The van der Waals surface area contributed by atoms with E-state index in [0.717, 1.165) is 50.1 Å². The molecule has 1 fully saturated rings. The van der Waals surface area contributed by atoms with Gasteiger partial charge in [-0.05, 0) is 44.7 Å². The third-order valence-electron chi connectivity index (χ3n) is 5.71. The van der Waals surface area contributed by atoms with Gasteiger partial charge in [0.05, 0.1) is 11.9 Å². The predicted octanol–water partition coefficient (Wildman–Crippen LogP) is 3.45. The van der Waals surface area contributed by atoms with Crippen molar-refractivity contribution in [1.82, 2.24) is 24.8 Å². The van der Waals surface area contributed by atoms with E-state index in [1.165, 1.54) is 5.56 Å². The van der Waals surface area contributed by atoms with Gasteiger partial charge in [-0.1, -0.05) is 30.3 Å². The van der Waals surface area contributed by atoms with Gasteiger partial charge in [-0.2, -0.15) is 0 Å². The van der Waals surface area contributed by atoms with Crippen molar-refractivity contribution >= 4 is 17.1 Å². The molecule has 1 amide bonds. The van der Waals surface area contributed by atoms with Gasteiger partial charge in [-0.3, -0.25) is 4.79 Å². The van der Waals surface area contributed by atoms with Gasteiger partial charge in [0.25, 0.3) is 5.91 Å². The molecule has 0 radical (unpaired) electrons. The van der Waals surface area contributed by atoms with Crippen LogP contribution in [0.1, 0.15) is 48.7 Å². The summed E-state index contributed by atoms with van der Waals surface area (Å²) in [5.41, 5.74) is 3.55. The maximum absolute atomic E-state index is 12.7. The lowest BCUT2D eigenvalue weighted by Gasteiger charge is -2.32. The minimum atomic E-state index is -0.0544. The Hall–Kier alpha value is -2.73. The topological polar surface area (TPSA) is 63.1 Å². The fraction of sp³-hybridized carbons (Fsp3) is 0.435. The highest BCUT2D eigenvalue weighted by atomic mass is 16.1. The van der Waals surface area contributed by atoms with Crippen molar-refractivity contribution in [1.29, 1.82) is 0 Å². The van der Waals surface area contributed by atoms with Crippen LogP contribution in [0.2, 0.25) is 0 Å². The zero-order chi connectivity index (χ0) is 20.2. The molecule has 1 aromatic carbocycles. The standard InChI is InChI=1S/C23H29N5O/c1-17(2)28-16-25-21-14-19(15-24-22(21)28)23(29)26-20-9-12-27(13-10-20)11-8-18-6-4-3-5-7-18/h3-7,14-17,20H,8-13H2,1-2H3,(H,26,29). The van der Waals surface area contributed by atoms with E-state index in [9.17, 15) is 4.79 Å². The summed E-state index contributed by atoms with van der Waals surface area (Å²) >= 11 is 0. The number of hydrogen-bond acceptors (Lipinski definition) is 4. The van der Waals surface area contributed by atoms with Crippen molar-refractivity contribution in [2.75, 3.05) is 19.6 Å². The van der Waals surface area contributed by atoms with E-state index >= 15 is 0 Å². The summed E-state index contributed by atoms with van der Waals surface area (Å²) < 4.78 is 2.02. The van der Waals surface area contributed by atoms with Gasteiger partial charge in [-0.25, -0.2) is 9.97 Å². The maximum Gasteiger partial charge on any atom is 0.253 e. The van der Waals surface area contributed by atoms with Gasteiger partial charge in [0.2, 0.25) is 0 Å². The molecule has 1 saturated heterocycles. The molecular formula is C23H29N5O. The number of benzene rings is 1. The van der Waals surface area contributed by atoms with Crippen molar-refractivity contribution < 1.29 is 4.79 Å². The summed E-state index contributed by atoms with van der Waals surface area (Å²) in [6, 6.07) is 13.0. The van der Waals surface area contributed by atoms with Gasteiger partial charge in [0.1, 0.15) is 5.52 Å². The van der Waals surface area contributed by atoms with E-state index in [4.69, 9.17) is 0 Å². The number of hydrogen-bond donors (Lipinski definition) is 1. The second-order valence-corrected chi connectivity index (χ2v) is 8.14. The molecule has 29 heavy (non-hydrogen) atoms. The first kappa shape index (κ1) is 19.6. The summed E-state index contributed by atoms with van der Waals surface area (Å²) in [6.45, 7) is 7.30. The number of imidazole rings is 1. The third-order valence-corrected chi connectivity index (χ3v) is 5.71. The Balaban J connectivity index is 1.29. The molecule has 6 heteroatoms. The van der Waals surface area contributed by atoms with Gasteiger partial charge in [-0.15, -0.1) is 0 Å². The molecule has 0 unspecified atom stereocenters. The molecule has 6 nitrogen and oxygen atoms in total. The highest BCUT2D eigenvalue weighted by Gasteiger charge is 2.21. The predicted molar refractivity (Wildman–Crippen MR) is 115 cm³/mol. The maximum atomic E-state index is 12.7. The Morgan fingerprint density at radius 2 is 1.93 bits per heavy atom. The number of fused-ring (bicyclic) bond motifs is 1. The Morgan fingerprint density at radius 1 is 1.17 bits per heavy atom. The zero-order valence-electron chi connectivity index (χ0n) is 17.2. The second-order valence-electron chi connectivity index (χ2n) is 8.14. The lowest BCUT2D eigenvalue weighted by molar-refractivity contribution is 0.0911. The number of carbonyl (C=O) groups is 1. The van der Waals surface area contributed by atoms with E-state index in [2.05, 4.69) is 64.4 Å². The average Bonchev–Trinajstić information content (AvgIpc) is 3.17.